The molecule has 0 aromatic carbocycles. The third kappa shape index (κ3) is 4.04. The van der Waals surface area contributed by atoms with Crippen LogP contribution in [0.15, 0.2) is 11.6 Å². The number of ether oxygens (including phenoxy) is 2. The Balaban J connectivity index is 1.56. The molecule has 1 N–H and O–H groups in total. The molecule has 0 aliphatic heterocycles. The Morgan fingerprint density at radius 2 is 1.55 bits per heavy atom. The number of fused-ring (bicyclic) bond motifs is 7. The molecule has 1 unspecified atom stereocenters. The molecule has 0 amide bonds. The van der Waals surface area contributed by atoms with E-state index in [2.05, 4.69) is 47.6 Å². The first kappa shape index (κ1) is 29.6. The maximum atomic E-state index is 12.9. The summed E-state index contributed by atoms with van der Waals surface area (Å²) >= 11 is 0. The quantitative estimate of drug-likeness (QED) is 0.288. The van der Waals surface area contributed by atoms with E-state index >= 15 is 0 Å². The third-order valence-corrected chi connectivity index (χ3v) is 13.7. The lowest BCUT2D eigenvalue weighted by Gasteiger charge is -2.71. The summed E-state index contributed by atoms with van der Waals surface area (Å²) in [4.78, 5) is 36.9. The second kappa shape index (κ2) is 9.33. The van der Waals surface area contributed by atoms with Crippen molar-refractivity contribution < 1.29 is 29.0 Å². The van der Waals surface area contributed by atoms with Crippen molar-refractivity contribution >= 4 is 17.9 Å². The van der Waals surface area contributed by atoms with Gasteiger partial charge in [-0.15, -0.1) is 0 Å². The van der Waals surface area contributed by atoms with Gasteiger partial charge in [0.05, 0.1) is 5.41 Å². The van der Waals surface area contributed by atoms with Crippen LogP contribution in [0.5, 0.6) is 0 Å². The molecule has 40 heavy (non-hydrogen) atoms. The summed E-state index contributed by atoms with van der Waals surface area (Å²) in [6.45, 7) is 17.4. The first-order chi connectivity index (χ1) is 18.5. The van der Waals surface area contributed by atoms with Gasteiger partial charge in [0.15, 0.2) is 0 Å². The molecule has 5 rings (SSSR count). The van der Waals surface area contributed by atoms with E-state index in [9.17, 15) is 19.5 Å². The molecule has 0 bridgehead atoms. The van der Waals surface area contributed by atoms with E-state index < -0.39 is 16.8 Å². The van der Waals surface area contributed by atoms with Crippen LogP contribution in [0.25, 0.3) is 0 Å². The Kier molecular flexibility index (Phi) is 6.91. The van der Waals surface area contributed by atoms with E-state index in [1.165, 1.54) is 19.4 Å². The van der Waals surface area contributed by atoms with Gasteiger partial charge >= 0.3 is 17.9 Å². The largest absolute Gasteiger partial charge is 0.481 e. The van der Waals surface area contributed by atoms with Gasteiger partial charge in [0, 0.05) is 19.3 Å². The Labute approximate surface area is 241 Å². The van der Waals surface area contributed by atoms with Gasteiger partial charge in [-0.1, -0.05) is 53.2 Å². The van der Waals surface area contributed by atoms with Crippen molar-refractivity contribution in [2.45, 2.75) is 126 Å². The van der Waals surface area contributed by atoms with Gasteiger partial charge in [0.2, 0.25) is 0 Å². The first-order valence-corrected chi connectivity index (χ1v) is 15.7. The SMILES string of the molecule is CC(=O)OC[C@]1(C)C2CC[C@]3(C)[C@H](CC=C4[C@H]5CC(C)(C)CC[C@]5(C(=O)O)CC[C@]43C)[C@@]2(C)CC[C@@H]1OC(C)=O. The molecule has 0 aromatic heterocycles. The average molecular weight is 557 g/mol. The van der Waals surface area contributed by atoms with Gasteiger partial charge in [0.1, 0.15) is 12.7 Å². The van der Waals surface area contributed by atoms with Gasteiger partial charge in [-0.05, 0) is 104 Å². The molecule has 0 heterocycles. The highest BCUT2D eigenvalue weighted by atomic mass is 16.6. The first-order valence-electron chi connectivity index (χ1n) is 15.7. The number of carboxylic acids is 1. The smallest absolute Gasteiger partial charge is 0.310 e. The number of carbonyl (C=O) groups excluding carboxylic acids is 2. The molecular weight excluding hydrogens is 504 g/mol. The predicted molar refractivity (Wildman–Crippen MR) is 153 cm³/mol. The molecular formula is C34H52O6. The molecule has 5 aliphatic carbocycles. The summed E-state index contributed by atoms with van der Waals surface area (Å²) in [6, 6.07) is 0. The number of esters is 2. The zero-order valence-electron chi connectivity index (χ0n) is 26.2. The molecule has 6 nitrogen and oxygen atoms in total. The average Bonchev–Trinajstić information content (AvgIpc) is 2.84. The third-order valence-electron chi connectivity index (χ3n) is 13.7. The normalized spacial score (nSPS) is 47.4. The predicted octanol–water partition coefficient (Wildman–Crippen LogP) is 7.35. The summed E-state index contributed by atoms with van der Waals surface area (Å²) in [5, 5.41) is 10.6. The van der Waals surface area contributed by atoms with E-state index in [4.69, 9.17) is 9.47 Å². The molecule has 6 heteroatoms. The highest BCUT2D eigenvalue weighted by molar-refractivity contribution is 5.76. The van der Waals surface area contributed by atoms with Crippen LogP contribution >= 0.6 is 0 Å². The van der Waals surface area contributed by atoms with Crippen LogP contribution in [-0.2, 0) is 23.9 Å². The Bertz CT molecular complexity index is 1120. The molecule has 0 radical (unpaired) electrons. The monoisotopic (exact) mass is 556 g/mol. The Morgan fingerprint density at radius 3 is 2.17 bits per heavy atom. The highest BCUT2D eigenvalue weighted by Crippen LogP contribution is 2.76. The highest BCUT2D eigenvalue weighted by Gasteiger charge is 2.70. The number of carboxylic acid groups (broad SMARTS) is 1. The molecule has 5 aliphatic rings. The van der Waals surface area contributed by atoms with Crippen LogP contribution in [0.3, 0.4) is 0 Å². The molecule has 0 saturated heterocycles. The van der Waals surface area contributed by atoms with Crippen LogP contribution < -0.4 is 0 Å². The van der Waals surface area contributed by atoms with Crippen LogP contribution in [0.2, 0.25) is 0 Å². The van der Waals surface area contributed by atoms with Crippen molar-refractivity contribution in [2.24, 2.45) is 50.2 Å². The van der Waals surface area contributed by atoms with Crippen molar-refractivity contribution in [1.29, 1.82) is 0 Å². The standard InChI is InChI=1S/C34H52O6/c1-21(35)39-20-31(6)25-11-14-33(8)26(30(25,5)13-12-27(31)40-22(2)36)10-9-23-24-19-29(3,4)15-17-34(24,28(37)38)18-16-32(23,33)7/h9,24-27H,10-20H2,1-8H3,(H,37,38)/t24-,25?,26-,27+,30+,31-,32-,33-,34+/m1/s1. The van der Waals surface area contributed by atoms with Crippen LogP contribution in [-0.4, -0.2) is 35.7 Å². The summed E-state index contributed by atoms with van der Waals surface area (Å²) in [5.41, 5.74) is 0.510. The van der Waals surface area contributed by atoms with Gasteiger partial charge in [-0.3, -0.25) is 14.4 Å². The molecule has 4 fully saturated rings. The van der Waals surface area contributed by atoms with Crippen LogP contribution in [0.4, 0.5) is 0 Å². The topological polar surface area (TPSA) is 89.9 Å². The van der Waals surface area contributed by atoms with Gasteiger partial charge in [-0.2, -0.15) is 0 Å². The number of hydrogen-bond donors (Lipinski definition) is 1. The van der Waals surface area contributed by atoms with Gasteiger partial charge < -0.3 is 14.6 Å². The zero-order chi connectivity index (χ0) is 29.5. The lowest BCUT2D eigenvalue weighted by Crippen LogP contribution is -2.66. The van der Waals surface area contributed by atoms with E-state index in [1.807, 2.05) is 0 Å². The number of hydrogen-bond acceptors (Lipinski definition) is 5. The number of aliphatic carboxylic acids is 1. The fourth-order valence-corrected chi connectivity index (χ4v) is 11.3. The fourth-order valence-electron chi connectivity index (χ4n) is 11.3. The zero-order valence-corrected chi connectivity index (χ0v) is 26.2. The molecule has 9 atom stereocenters. The number of rotatable bonds is 4. The minimum absolute atomic E-state index is 0.00322. The molecule has 0 aromatic rings. The van der Waals surface area contributed by atoms with E-state index in [-0.39, 0.29) is 58.1 Å². The van der Waals surface area contributed by atoms with Crippen molar-refractivity contribution in [3.8, 4) is 0 Å². The maximum Gasteiger partial charge on any atom is 0.310 e. The summed E-state index contributed by atoms with van der Waals surface area (Å²) in [7, 11) is 0. The van der Waals surface area contributed by atoms with Crippen molar-refractivity contribution in [1.82, 2.24) is 0 Å². The second-order valence-corrected chi connectivity index (χ2v) is 16.1. The lowest BCUT2D eigenvalue weighted by molar-refractivity contribution is -0.226. The van der Waals surface area contributed by atoms with Crippen molar-refractivity contribution in [3.63, 3.8) is 0 Å². The minimum Gasteiger partial charge on any atom is -0.481 e. The number of allylic oxidation sites excluding steroid dienone is 2. The lowest BCUT2D eigenvalue weighted by atomic mass is 9.33. The number of carbonyl (C=O) groups is 3. The van der Waals surface area contributed by atoms with Gasteiger partial charge in [0.25, 0.3) is 0 Å². The summed E-state index contributed by atoms with van der Waals surface area (Å²) in [5.74, 6) is -0.386. The Morgan fingerprint density at radius 1 is 0.875 bits per heavy atom. The van der Waals surface area contributed by atoms with Crippen molar-refractivity contribution in [2.75, 3.05) is 6.61 Å². The second-order valence-electron chi connectivity index (χ2n) is 16.1. The van der Waals surface area contributed by atoms with Crippen molar-refractivity contribution in [3.05, 3.63) is 11.6 Å². The van der Waals surface area contributed by atoms with E-state index in [0.29, 0.717) is 5.92 Å². The minimum atomic E-state index is -0.629. The van der Waals surface area contributed by atoms with E-state index in [0.717, 1.165) is 64.2 Å². The summed E-state index contributed by atoms with van der Waals surface area (Å²) < 4.78 is 11.6. The molecule has 0 spiro atoms. The van der Waals surface area contributed by atoms with Crippen LogP contribution in [0.1, 0.15) is 120 Å². The molecule has 4 saturated carbocycles. The Hall–Kier alpha value is -1.85. The van der Waals surface area contributed by atoms with E-state index in [1.54, 1.807) is 0 Å². The summed E-state index contributed by atoms with van der Waals surface area (Å²) in [6.07, 6.45) is 11.3. The molecule has 224 valence electrons. The fraction of sp³-hybridized carbons (Fsp3) is 0.853. The maximum absolute atomic E-state index is 12.9. The van der Waals surface area contributed by atoms with Crippen LogP contribution in [0, 0.1) is 50.2 Å². The van der Waals surface area contributed by atoms with Gasteiger partial charge in [-0.25, -0.2) is 0 Å².